The number of carbonyl (C=O) groups excluding carboxylic acids is 6. The number of ether oxygens (including phenoxy) is 2. The van der Waals surface area contributed by atoms with E-state index in [2.05, 4.69) is 37.2 Å². The molecule has 0 aliphatic heterocycles. The number of Topliss-reactive ketones (excluding diaryl/α,β-unsaturated/α-hetero) is 2. The van der Waals surface area contributed by atoms with Crippen LogP contribution in [0.5, 0.6) is 5.75 Å². The summed E-state index contributed by atoms with van der Waals surface area (Å²) in [4.78, 5) is 77.0. The summed E-state index contributed by atoms with van der Waals surface area (Å²) < 4.78 is 10.4. The fourth-order valence-corrected chi connectivity index (χ4v) is 4.84. The Labute approximate surface area is 285 Å². The van der Waals surface area contributed by atoms with Gasteiger partial charge in [0.05, 0.1) is 17.6 Å². The zero-order chi connectivity index (χ0) is 35.4. The van der Waals surface area contributed by atoms with Crippen molar-refractivity contribution < 1.29 is 43.3 Å². The summed E-state index contributed by atoms with van der Waals surface area (Å²) in [6, 6.07) is 15.8. The van der Waals surface area contributed by atoms with Gasteiger partial charge in [0.2, 0.25) is 11.8 Å². The van der Waals surface area contributed by atoms with Crippen molar-refractivity contribution in [2.75, 3.05) is 0 Å². The highest BCUT2D eigenvalue weighted by atomic mass is 79.9. The lowest BCUT2D eigenvalue weighted by Crippen LogP contribution is -2.50. The Kier molecular flexibility index (Phi) is 13.7. The van der Waals surface area contributed by atoms with Crippen LogP contribution in [-0.4, -0.2) is 64.8 Å². The first-order valence-corrected chi connectivity index (χ1v) is 15.7. The summed E-state index contributed by atoms with van der Waals surface area (Å²) in [7, 11) is 0. The predicted molar refractivity (Wildman–Crippen MR) is 178 cm³/mol. The Morgan fingerprint density at radius 1 is 0.583 bits per heavy atom. The molecule has 48 heavy (non-hydrogen) atoms. The molecule has 0 spiro atoms. The Morgan fingerprint density at radius 2 is 0.979 bits per heavy atom. The Hall–Kier alpha value is -5.24. The number of phenols is 1. The molecule has 0 radical (unpaired) electrons. The number of hydrogen-bond acceptors (Lipinski definition) is 9. The van der Waals surface area contributed by atoms with E-state index in [9.17, 15) is 33.9 Å². The third-order valence-corrected chi connectivity index (χ3v) is 7.67. The van der Waals surface area contributed by atoms with Gasteiger partial charge in [-0.15, -0.1) is 0 Å². The highest BCUT2D eigenvalue weighted by Gasteiger charge is 2.32. The number of phenolic OH excluding ortho intramolecular Hbond substituents is 1. The van der Waals surface area contributed by atoms with Crippen LogP contribution in [0.3, 0.4) is 0 Å². The second kappa shape index (κ2) is 17.6. The smallest absolute Gasteiger partial charge is 0.408 e. The fourth-order valence-electron chi connectivity index (χ4n) is 4.31. The molecule has 14 heteroatoms. The molecule has 3 rings (SSSR count). The number of alkyl carbamates (subject to hydrolysis) is 2. The highest BCUT2D eigenvalue weighted by molar-refractivity contribution is 9.10. The molecular weight excluding hydrogens is 688 g/mol. The van der Waals surface area contributed by atoms with Gasteiger partial charge in [0.1, 0.15) is 31.0 Å². The summed E-state index contributed by atoms with van der Waals surface area (Å²) in [6.07, 6.45) is -1.68. The Morgan fingerprint density at radius 3 is 1.40 bits per heavy atom. The van der Waals surface area contributed by atoms with Crippen molar-refractivity contribution in [3.8, 4) is 5.75 Å². The molecule has 0 aromatic heterocycles. The van der Waals surface area contributed by atoms with Crippen molar-refractivity contribution >= 4 is 51.5 Å². The van der Waals surface area contributed by atoms with Gasteiger partial charge in [-0.05, 0) is 51.0 Å². The lowest BCUT2D eigenvalue weighted by Gasteiger charge is -2.22. The molecule has 0 saturated carbocycles. The molecule has 0 heterocycles. The summed E-state index contributed by atoms with van der Waals surface area (Å²) in [6.45, 7) is 5.51. The quantitative estimate of drug-likeness (QED) is 0.152. The van der Waals surface area contributed by atoms with Crippen molar-refractivity contribution in [1.29, 1.82) is 0 Å². The Balaban J connectivity index is 1.60. The summed E-state index contributed by atoms with van der Waals surface area (Å²) in [5, 5.41) is 20.4. The average molecular weight is 726 g/mol. The van der Waals surface area contributed by atoms with E-state index < -0.39 is 65.5 Å². The number of amides is 4. The summed E-state index contributed by atoms with van der Waals surface area (Å²) in [5.41, 5.74) is 0.891. The molecule has 0 saturated heterocycles. The number of hydrogen-bond donors (Lipinski definition) is 5. The largest absolute Gasteiger partial charge is 0.507 e. The minimum absolute atomic E-state index is 0.00612. The SMILES string of the molecule is C[C@H](NC(=O)OCc1ccccc1)C(=O)N[C@@H](C)C(=O)c1c(O)ccc(Br)c1C(=O)[C@H](C)NC(=O)[C@H](C)NC(=O)OCc1ccccc1. The monoisotopic (exact) mass is 724 g/mol. The van der Waals surface area contributed by atoms with Crippen LogP contribution in [0.15, 0.2) is 77.3 Å². The molecule has 0 aliphatic rings. The van der Waals surface area contributed by atoms with Gasteiger partial charge >= 0.3 is 12.2 Å². The van der Waals surface area contributed by atoms with Gasteiger partial charge in [-0.2, -0.15) is 0 Å². The third kappa shape index (κ3) is 10.7. The zero-order valence-electron chi connectivity index (χ0n) is 26.7. The van der Waals surface area contributed by atoms with Crippen LogP contribution < -0.4 is 21.3 Å². The number of aromatic hydroxyl groups is 1. The maximum atomic E-state index is 13.6. The number of ketones is 2. The van der Waals surface area contributed by atoms with Gasteiger partial charge in [0.15, 0.2) is 11.6 Å². The van der Waals surface area contributed by atoms with E-state index in [1.165, 1.54) is 39.8 Å². The molecule has 4 amide bonds. The number of rotatable bonds is 14. The first kappa shape index (κ1) is 37.2. The number of nitrogens with one attached hydrogen (secondary N) is 4. The standard InChI is InChI=1S/C34H37BrN4O9/c1-19(36-31(43)21(3)38-33(45)47-17-23-11-7-5-8-12-23)29(41)27-25(35)15-16-26(40)28(27)30(42)20(2)37-32(44)22(4)39-34(46)48-18-24-13-9-6-10-14-24/h5-16,19-22,40H,17-18H2,1-4H3,(H,36,43)(H,37,44)(H,38,45)(H,39,46)/t19-,20-,21-,22-/m0/s1. The van der Waals surface area contributed by atoms with Crippen molar-refractivity contribution in [2.24, 2.45) is 0 Å². The lowest BCUT2D eigenvalue weighted by atomic mass is 9.93. The second-order valence-corrected chi connectivity index (χ2v) is 11.7. The number of benzene rings is 3. The van der Waals surface area contributed by atoms with E-state index in [-0.39, 0.29) is 28.8 Å². The van der Waals surface area contributed by atoms with Gasteiger partial charge in [-0.1, -0.05) is 76.6 Å². The summed E-state index contributed by atoms with van der Waals surface area (Å²) >= 11 is 3.25. The van der Waals surface area contributed by atoms with Crippen LogP contribution >= 0.6 is 15.9 Å². The van der Waals surface area contributed by atoms with E-state index in [1.807, 2.05) is 12.1 Å². The molecule has 0 bridgehead atoms. The third-order valence-electron chi connectivity index (χ3n) is 7.01. The van der Waals surface area contributed by atoms with Crippen LogP contribution in [0.25, 0.3) is 0 Å². The molecule has 0 aliphatic carbocycles. The molecule has 13 nitrogen and oxygen atoms in total. The first-order valence-electron chi connectivity index (χ1n) is 14.9. The van der Waals surface area contributed by atoms with Crippen molar-refractivity contribution in [3.63, 3.8) is 0 Å². The molecule has 3 aromatic rings. The molecule has 0 fully saturated rings. The van der Waals surface area contributed by atoms with Gasteiger partial charge in [0, 0.05) is 10.0 Å². The predicted octanol–water partition coefficient (Wildman–Crippen LogP) is 4.16. The van der Waals surface area contributed by atoms with Crippen molar-refractivity contribution in [3.05, 3.63) is 99.5 Å². The van der Waals surface area contributed by atoms with Crippen LogP contribution in [-0.2, 0) is 32.3 Å². The lowest BCUT2D eigenvalue weighted by molar-refractivity contribution is -0.123. The Bertz CT molecular complexity index is 1520. The molecule has 3 aromatic carbocycles. The van der Waals surface area contributed by atoms with Crippen LogP contribution in [0, 0.1) is 0 Å². The van der Waals surface area contributed by atoms with E-state index in [0.29, 0.717) is 0 Å². The van der Waals surface area contributed by atoms with Crippen molar-refractivity contribution in [2.45, 2.75) is 65.1 Å². The zero-order valence-corrected chi connectivity index (χ0v) is 28.3. The number of carbonyl (C=O) groups is 6. The van der Waals surface area contributed by atoms with E-state index in [4.69, 9.17) is 9.47 Å². The van der Waals surface area contributed by atoms with Gasteiger partial charge in [-0.3, -0.25) is 19.2 Å². The van der Waals surface area contributed by atoms with Crippen molar-refractivity contribution in [1.82, 2.24) is 21.3 Å². The van der Waals surface area contributed by atoms with Gasteiger partial charge in [-0.25, -0.2) is 9.59 Å². The van der Waals surface area contributed by atoms with E-state index >= 15 is 0 Å². The molecule has 0 unspecified atom stereocenters. The molecule has 4 atom stereocenters. The average Bonchev–Trinajstić information content (AvgIpc) is 3.07. The molecular formula is C34H37BrN4O9. The topological polar surface area (TPSA) is 189 Å². The summed E-state index contributed by atoms with van der Waals surface area (Å²) in [5.74, 6) is -3.50. The van der Waals surface area contributed by atoms with E-state index in [0.717, 1.165) is 11.1 Å². The maximum absolute atomic E-state index is 13.6. The van der Waals surface area contributed by atoms with Gasteiger partial charge < -0.3 is 35.8 Å². The molecule has 254 valence electrons. The minimum Gasteiger partial charge on any atom is -0.507 e. The van der Waals surface area contributed by atoms with Crippen LogP contribution in [0.4, 0.5) is 9.59 Å². The minimum atomic E-state index is -1.25. The van der Waals surface area contributed by atoms with E-state index in [1.54, 1.807) is 48.5 Å². The second-order valence-electron chi connectivity index (χ2n) is 10.9. The first-order chi connectivity index (χ1) is 22.8. The van der Waals surface area contributed by atoms with Gasteiger partial charge in [0.25, 0.3) is 0 Å². The molecule has 5 N–H and O–H groups in total. The maximum Gasteiger partial charge on any atom is 0.408 e. The van der Waals surface area contributed by atoms with Crippen LogP contribution in [0.1, 0.15) is 59.5 Å². The number of halogens is 1. The normalized spacial score (nSPS) is 13.1. The fraction of sp³-hybridized carbons (Fsp3) is 0.294. The van der Waals surface area contributed by atoms with Crippen LogP contribution in [0.2, 0.25) is 0 Å². The highest BCUT2D eigenvalue weighted by Crippen LogP contribution is 2.31.